The molecule has 0 aliphatic carbocycles. The largest absolute Gasteiger partial charge is 0.507 e. The second-order valence-electron chi connectivity index (χ2n) is 17.7. The van der Waals surface area contributed by atoms with Crippen LogP contribution in [0.5, 0.6) is 28.7 Å². The van der Waals surface area contributed by atoms with Gasteiger partial charge in [-0.05, 0) is 109 Å². The zero-order valence-electron chi connectivity index (χ0n) is 42.5. The smallest absolute Gasteiger partial charge is 0.420 e. The van der Waals surface area contributed by atoms with Crippen molar-refractivity contribution in [2.24, 2.45) is 17.8 Å². The van der Waals surface area contributed by atoms with Gasteiger partial charge in [-0.1, -0.05) is 83.1 Å². The fourth-order valence-electron chi connectivity index (χ4n) is 6.02. The Morgan fingerprint density at radius 1 is 0.551 bits per heavy atom. The molecule has 6 aromatic carbocycles. The maximum atomic E-state index is 13.7. The Morgan fingerprint density at radius 3 is 1.40 bits per heavy atom. The van der Waals surface area contributed by atoms with Crippen molar-refractivity contribution >= 4 is 46.9 Å². The molecule has 7 rings (SSSR count). The molecule has 0 fully saturated rings. The van der Waals surface area contributed by atoms with Crippen molar-refractivity contribution in [3.63, 3.8) is 0 Å². The third-order valence-electron chi connectivity index (χ3n) is 9.66. The molecule has 0 atom stereocenters. The number of hydrogen-bond acceptors (Lipinski definition) is 11. The van der Waals surface area contributed by atoms with E-state index in [0.29, 0.717) is 47.1 Å². The van der Waals surface area contributed by atoms with Gasteiger partial charge in [0.2, 0.25) is 11.7 Å². The molecule has 0 bridgehead atoms. The highest BCUT2D eigenvalue weighted by Gasteiger charge is 2.37. The van der Waals surface area contributed by atoms with E-state index >= 15 is 0 Å². The number of nitrogens with zero attached hydrogens (tertiary/aromatic N) is 4. The maximum Gasteiger partial charge on any atom is 0.420 e. The van der Waals surface area contributed by atoms with E-state index in [4.69, 9.17) is 36.1 Å². The molecule has 0 amide bonds. The molecular weight excluding hydrogens is 1110 g/mol. The Balaban J connectivity index is 0.000000239. The van der Waals surface area contributed by atoms with Crippen LogP contribution in [-0.2, 0) is 24.4 Å². The van der Waals surface area contributed by atoms with E-state index in [0.717, 1.165) is 50.1 Å². The number of halogens is 11. The summed E-state index contributed by atoms with van der Waals surface area (Å²) in [6, 6.07) is 33.8. The van der Waals surface area contributed by atoms with Crippen molar-refractivity contribution in [1.29, 1.82) is 10.5 Å². The van der Waals surface area contributed by atoms with E-state index in [1.54, 1.807) is 59.9 Å². The summed E-state index contributed by atoms with van der Waals surface area (Å²) in [6.07, 6.45) is -14.0. The van der Waals surface area contributed by atoms with E-state index in [9.17, 15) is 49.0 Å². The number of phenolic OH excluding ortho intramolecular Hbond substituents is 1. The Kier molecular flexibility index (Phi) is 24.6. The van der Waals surface area contributed by atoms with E-state index in [-0.39, 0.29) is 45.8 Å². The second kappa shape index (κ2) is 30.0. The quantitative estimate of drug-likeness (QED) is 0.0599. The van der Waals surface area contributed by atoms with Gasteiger partial charge >= 0.3 is 18.5 Å². The average molecular weight is 1170 g/mol. The van der Waals surface area contributed by atoms with Gasteiger partial charge in [-0.25, -0.2) is 4.39 Å². The van der Waals surface area contributed by atoms with Crippen LogP contribution in [0.25, 0.3) is 11.4 Å². The molecule has 1 aromatic heterocycles. The SMILES string of the molecule is CC(C)CSc1ccccc1O.CC(C)CSc1ccccc1Oc1ccc(-c2noc(CCl)n2)cc1C(F)(F)F.CC(C)CSc1ccccc1Oc1ccc(C#N)cc1C(F)(F)F.N#Cc1ccc(F)c(C(F)(F)F)c1. The van der Waals surface area contributed by atoms with E-state index < -0.39 is 41.0 Å². The molecular formula is C56H51ClF10N4O4S3. The lowest BCUT2D eigenvalue weighted by Gasteiger charge is -2.16. The molecule has 414 valence electrons. The first-order valence-electron chi connectivity index (χ1n) is 23.4. The lowest BCUT2D eigenvalue weighted by molar-refractivity contribution is -0.140. The molecule has 0 radical (unpaired) electrons. The van der Waals surface area contributed by atoms with Crippen molar-refractivity contribution in [3.8, 4) is 52.3 Å². The standard InChI is InChI=1S/C20H18ClF3N2O2S.C18H16F3NOS.C10H14OS.C8H3F4N/c1-12(2)11-29-17-6-4-3-5-16(17)27-15-8-7-13(9-14(15)20(22,23)24)19-25-18(10-21)28-26-19;1-12(2)11-24-17-6-4-3-5-16(17)23-15-8-7-13(10-22)9-14(15)18(19,20)21;1-8(2)7-12-10-6-4-3-5-9(10)11;9-7-2-1-5(4-13)3-6(7)8(10,11)12/h3-9,12H,10-11H2,1-2H3;3-9,12H,11H2,1-2H3;3-6,8,11H,7H2,1-2H3;1-3H. The number of alkyl halides is 10. The topological polar surface area (TPSA) is 125 Å². The average Bonchev–Trinajstić information content (AvgIpc) is 3.89. The van der Waals surface area contributed by atoms with Gasteiger partial charge in [-0.3, -0.25) is 0 Å². The van der Waals surface area contributed by atoms with Crippen LogP contribution in [0.2, 0.25) is 0 Å². The monoisotopic (exact) mass is 1160 g/mol. The number of rotatable bonds is 15. The summed E-state index contributed by atoms with van der Waals surface area (Å²) in [5.41, 5.74) is -3.40. The maximum absolute atomic E-state index is 13.7. The van der Waals surface area contributed by atoms with E-state index in [1.807, 2.05) is 42.5 Å². The lowest BCUT2D eigenvalue weighted by Crippen LogP contribution is -2.08. The summed E-state index contributed by atoms with van der Waals surface area (Å²) in [5, 5.41) is 30.2. The first-order chi connectivity index (χ1) is 36.7. The highest BCUT2D eigenvalue weighted by Crippen LogP contribution is 2.44. The first kappa shape index (κ1) is 64.0. The van der Waals surface area contributed by atoms with Gasteiger partial charge in [0.1, 0.15) is 40.4 Å². The number of aromatic hydroxyl groups is 1. The molecule has 0 saturated heterocycles. The van der Waals surface area contributed by atoms with Crippen LogP contribution < -0.4 is 9.47 Å². The van der Waals surface area contributed by atoms with Gasteiger partial charge in [0.05, 0.1) is 49.7 Å². The number of para-hydroxylation sites is 3. The van der Waals surface area contributed by atoms with Crippen molar-refractivity contribution in [2.45, 2.75) is 80.6 Å². The van der Waals surface area contributed by atoms with Crippen LogP contribution in [-0.4, -0.2) is 32.5 Å². The van der Waals surface area contributed by atoms with Crippen LogP contribution in [0.1, 0.15) is 75.3 Å². The lowest BCUT2D eigenvalue weighted by atomic mass is 10.1. The zero-order chi connectivity index (χ0) is 57.8. The molecule has 7 aromatic rings. The zero-order valence-corrected chi connectivity index (χ0v) is 45.7. The van der Waals surface area contributed by atoms with E-state index in [1.165, 1.54) is 42.1 Å². The number of ether oxygens (including phenoxy) is 2. The minimum Gasteiger partial charge on any atom is -0.507 e. The highest BCUT2D eigenvalue weighted by molar-refractivity contribution is 7.99. The van der Waals surface area contributed by atoms with Crippen LogP contribution >= 0.6 is 46.9 Å². The molecule has 1 N–H and O–H groups in total. The molecule has 0 unspecified atom stereocenters. The molecule has 0 aliphatic heterocycles. The summed E-state index contributed by atoms with van der Waals surface area (Å²) in [7, 11) is 0. The van der Waals surface area contributed by atoms with Gasteiger partial charge in [0, 0.05) is 27.7 Å². The Labute approximate surface area is 463 Å². The van der Waals surface area contributed by atoms with Gasteiger partial charge in [0.25, 0.3) is 0 Å². The molecule has 0 aliphatic rings. The number of thioether (sulfide) groups is 3. The highest BCUT2D eigenvalue weighted by atomic mass is 35.5. The summed E-state index contributed by atoms with van der Waals surface area (Å²) in [4.78, 5) is 6.51. The van der Waals surface area contributed by atoms with Crippen molar-refractivity contribution in [2.75, 3.05) is 17.3 Å². The van der Waals surface area contributed by atoms with Crippen LogP contribution in [0.15, 0.2) is 147 Å². The molecule has 8 nitrogen and oxygen atoms in total. The fraction of sp³-hybridized carbons (Fsp3) is 0.286. The summed E-state index contributed by atoms with van der Waals surface area (Å²) >= 11 is 10.4. The van der Waals surface area contributed by atoms with Gasteiger partial charge in [0.15, 0.2) is 0 Å². The van der Waals surface area contributed by atoms with Crippen LogP contribution in [0.4, 0.5) is 43.9 Å². The van der Waals surface area contributed by atoms with Crippen LogP contribution in [0, 0.1) is 46.2 Å². The molecule has 78 heavy (non-hydrogen) atoms. The molecule has 1 heterocycles. The third-order valence-corrected chi connectivity index (χ3v) is 14.3. The number of aromatic nitrogens is 2. The Hall–Kier alpha value is -6.52. The van der Waals surface area contributed by atoms with E-state index in [2.05, 4.69) is 51.7 Å². The molecule has 0 saturated carbocycles. The van der Waals surface area contributed by atoms with Crippen LogP contribution in [0.3, 0.4) is 0 Å². The normalized spacial score (nSPS) is 11.4. The number of benzene rings is 6. The minimum atomic E-state index is -4.75. The summed E-state index contributed by atoms with van der Waals surface area (Å²) in [5.74, 6) is 3.57. The number of nitriles is 2. The van der Waals surface area contributed by atoms with Crippen molar-refractivity contribution < 1.29 is 63.0 Å². The first-order valence-corrected chi connectivity index (χ1v) is 26.9. The number of phenols is 1. The second-order valence-corrected chi connectivity index (χ2v) is 21.1. The number of hydrogen-bond donors (Lipinski definition) is 1. The Morgan fingerprint density at radius 2 is 0.962 bits per heavy atom. The predicted octanol–water partition coefficient (Wildman–Crippen LogP) is 19.0. The van der Waals surface area contributed by atoms with Gasteiger partial charge < -0.3 is 19.1 Å². The van der Waals surface area contributed by atoms with Gasteiger partial charge in [-0.15, -0.1) is 46.9 Å². The third kappa shape index (κ3) is 20.7. The molecule has 0 spiro atoms. The Bertz CT molecular complexity index is 3120. The van der Waals surface area contributed by atoms with Crippen molar-refractivity contribution in [1.82, 2.24) is 10.1 Å². The fourth-order valence-corrected chi connectivity index (χ4v) is 8.91. The van der Waals surface area contributed by atoms with Gasteiger partial charge in [-0.2, -0.15) is 55.0 Å². The molecule has 22 heteroatoms. The summed E-state index contributed by atoms with van der Waals surface area (Å²) in [6.45, 7) is 12.6. The summed E-state index contributed by atoms with van der Waals surface area (Å²) < 4.78 is 146. The predicted molar refractivity (Wildman–Crippen MR) is 284 cm³/mol. The van der Waals surface area contributed by atoms with Crippen molar-refractivity contribution in [3.05, 3.63) is 167 Å². The minimum absolute atomic E-state index is 0.0227.